The van der Waals surface area contributed by atoms with Gasteiger partial charge in [0.25, 0.3) is 0 Å². The Kier molecular flexibility index (Phi) is 13.7. The van der Waals surface area contributed by atoms with E-state index in [2.05, 4.69) is 24.5 Å². The van der Waals surface area contributed by atoms with Crippen LogP contribution in [0.5, 0.6) is 0 Å². The number of aliphatic imine (C=N–C) groups is 1. The van der Waals surface area contributed by atoms with Gasteiger partial charge in [0.1, 0.15) is 0 Å². The highest BCUT2D eigenvalue weighted by atomic mass is 127. The van der Waals surface area contributed by atoms with Crippen LogP contribution in [0.4, 0.5) is 4.79 Å². The van der Waals surface area contributed by atoms with Gasteiger partial charge in [-0.2, -0.15) is 0 Å². The van der Waals surface area contributed by atoms with Gasteiger partial charge in [0, 0.05) is 38.8 Å². The number of hydrogen-bond acceptors (Lipinski definition) is 4. The molecule has 2 fully saturated rings. The number of carbonyl (C=O) groups excluding carboxylic acids is 1. The summed E-state index contributed by atoms with van der Waals surface area (Å²) in [5.74, 6) is 1.58. The van der Waals surface area contributed by atoms with Crippen LogP contribution in [-0.4, -0.2) is 68.5 Å². The van der Waals surface area contributed by atoms with Crippen molar-refractivity contribution in [1.29, 1.82) is 0 Å². The van der Waals surface area contributed by atoms with Gasteiger partial charge in [0.05, 0.1) is 12.7 Å². The molecule has 1 saturated carbocycles. The van der Waals surface area contributed by atoms with Gasteiger partial charge in [-0.05, 0) is 58.8 Å². The summed E-state index contributed by atoms with van der Waals surface area (Å²) in [5.41, 5.74) is 0. The molecule has 29 heavy (non-hydrogen) atoms. The molecule has 8 heteroatoms. The molecule has 1 aliphatic carbocycles. The van der Waals surface area contributed by atoms with Crippen LogP contribution in [0.1, 0.15) is 65.7 Å². The van der Waals surface area contributed by atoms with Crippen LogP contribution in [-0.2, 0) is 9.47 Å². The summed E-state index contributed by atoms with van der Waals surface area (Å²) >= 11 is 0. The number of amides is 1. The van der Waals surface area contributed by atoms with Gasteiger partial charge >= 0.3 is 6.09 Å². The molecule has 1 amide bonds. The van der Waals surface area contributed by atoms with E-state index in [4.69, 9.17) is 14.5 Å². The molecule has 170 valence electrons. The summed E-state index contributed by atoms with van der Waals surface area (Å²) in [6.07, 6.45) is 8.22. The second-order valence-corrected chi connectivity index (χ2v) is 7.69. The zero-order valence-electron chi connectivity index (χ0n) is 18.5. The van der Waals surface area contributed by atoms with E-state index in [1.54, 1.807) is 4.90 Å². The van der Waals surface area contributed by atoms with Crippen molar-refractivity contribution in [3.8, 4) is 0 Å². The van der Waals surface area contributed by atoms with Gasteiger partial charge in [0.2, 0.25) is 0 Å². The lowest BCUT2D eigenvalue weighted by atomic mass is 9.98. The molecule has 0 aromatic heterocycles. The van der Waals surface area contributed by atoms with E-state index < -0.39 is 0 Å². The Bertz CT molecular complexity index is 479. The van der Waals surface area contributed by atoms with Gasteiger partial charge in [-0.3, -0.25) is 4.99 Å². The van der Waals surface area contributed by atoms with E-state index in [9.17, 15) is 4.79 Å². The van der Waals surface area contributed by atoms with Crippen molar-refractivity contribution >= 4 is 36.0 Å². The van der Waals surface area contributed by atoms with E-state index in [1.165, 1.54) is 25.7 Å². The zero-order valence-corrected chi connectivity index (χ0v) is 20.8. The SMILES string of the molecule is CCNC(=NCCC(OCC)C1CCCC1)NC1CCN(C(=O)OCC)CC1.I. The van der Waals surface area contributed by atoms with Crippen molar-refractivity contribution in [2.24, 2.45) is 10.9 Å². The number of guanidine groups is 1. The number of carbonyl (C=O) groups is 1. The van der Waals surface area contributed by atoms with Crippen molar-refractivity contribution in [1.82, 2.24) is 15.5 Å². The van der Waals surface area contributed by atoms with Gasteiger partial charge in [-0.15, -0.1) is 24.0 Å². The first-order valence-corrected chi connectivity index (χ1v) is 11.3. The Morgan fingerprint density at radius 3 is 2.38 bits per heavy atom. The molecular formula is C21H41IN4O3. The number of ether oxygens (including phenoxy) is 2. The third-order valence-electron chi connectivity index (χ3n) is 5.70. The fourth-order valence-corrected chi connectivity index (χ4v) is 4.24. The first-order valence-electron chi connectivity index (χ1n) is 11.3. The molecule has 1 heterocycles. The average Bonchev–Trinajstić information content (AvgIpc) is 3.23. The summed E-state index contributed by atoms with van der Waals surface area (Å²) < 4.78 is 11.1. The third kappa shape index (κ3) is 9.27. The number of hydrogen-bond donors (Lipinski definition) is 2. The van der Waals surface area contributed by atoms with Crippen LogP contribution in [0.2, 0.25) is 0 Å². The van der Waals surface area contributed by atoms with E-state index >= 15 is 0 Å². The summed E-state index contributed by atoms with van der Waals surface area (Å²) in [7, 11) is 0. The maximum atomic E-state index is 11.8. The van der Waals surface area contributed by atoms with Gasteiger partial charge in [-0.25, -0.2) is 4.79 Å². The molecular weight excluding hydrogens is 483 g/mol. The van der Waals surface area contributed by atoms with Crippen molar-refractivity contribution in [2.45, 2.75) is 77.9 Å². The predicted molar refractivity (Wildman–Crippen MR) is 128 cm³/mol. The molecule has 1 unspecified atom stereocenters. The Labute approximate surface area is 193 Å². The minimum Gasteiger partial charge on any atom is -0.450 e. The topological polar surface area (TPSA) is 75.2 Å². The average molecular weight is 524 g/mol. The molecule has 0 aromatic rings. The maximum Gasteiger partial charge on any atom is 0.409 e. The Hall–Kier alpha value is -0.770. The number of likely N-dealkylation sites (tertiary alicyclic amines) is 1. The van der Waals surface area contributed by atoms with Gasteiger partial charge < -0.3 is 25.0 Å². The molecule has 0 aromatic carbocycles. The number of nitrogens with one attached hydrogen (secondary N) is 2. The van der Waals surface area contributed by atoms with E-state index in [-0.39, 0.29) is 30.1 Å². The molecule has 7 nitrogen and oxygen atoms in total. The third-order valence-corrected chi connectivity index (χ3v) is 5.70. The fourth-order valence-electron chi connectivity index (χ4n) is 4.24. The quantitative estimate of drug-likeness (QED) is 0.273. The second-order valence-electron chi connectivity index (χ2n) is 7.69. The molecule has 1 atom stereocenters. The van der Waals surface area contributed by atoms with Crippen LogP contribution < -0.4 is 10.6 Å². The molecule has 2 rings (SSSR count). The number of nitrogens with zero attached hydrogens (tertiary/aromatic N) is 2. The Morgan fingerprint density at radius 2 is 1.79 bits per heavy atom. The minimum absolute atomic E-state index is 0. The highest BCUT2D eigenvalue weighted by molar-refractivity contribution is 14.0. The molecule has 0 radical (unpaired) electrons. The summed E-state index contributed by atoms with van der Waals surface area (Å²) in [4.78, 5) is 18.4. The lowest BCUT2D eigenvalue weighted by molar-refractivity contribution is 0.0177. The Morgan fingerprint density at radius 1 is 1.10 bits per heavy atom. The molecule has 1 aliphatic heterocycles. The van der Waals surface area contributed by atoms with Gasteiger partial charge in [-0.1, -0.05) is 12.8 Å². The maximum absolute atomic E-state index is 11.8. The number of piperidine rings is 1. The molecule has 2 aliphatic rings. The van der Waals surface area contributed by atoms with Crippen molar-refractivity contribution in [2.75, 3.05) is 39.4 Å². The monoisotopic (exact) mass is 524 g/mol. The first kappa shape index (κ1) is 26.3. The molecule has 0 spiro atoms. The second kappa shape index (κ2) is 15.1. The largest absolute Gasteiger partial charge is 0.450 e. The first-order chi connectivity index (χ1) is 13.7. The summed E-state index contributed by atoms with van der Waals surface area (Å²) in [6, 6.07) is 0.334. The zero-order chi connectivity index (χ0) is 20.2. The van der Waals surface area contributed by atoms with Crippen LogP contribution >= 0.6 is 24.0 Å². The standard InChI is InChI=1S/C21H40N4O3.HI/c1-4-22-20(23-14-11-19(27-5-2)17-9-7-8-10-17)24-18-12-15-25(16-13-18)21(26)28-6-3;/h17-19H,4-16H2,1-3H3,(H2,22,23,24);1H. The molecule has 0 bridgehead atoms. The highest BCUT2D eigenvalue weighted by Crippen LogP contribution is 2.30. The van der Waals surface area contributed by atoms with Crippen molar-refractivity contribution in [3.63, 3.8) is 0 Å². The highest BCUT2D eigenvalue weighted by Gasteiger charge is 2.26. The lowest BCUT2D eigenvalue weighted by Gasteiger charge is -2.32. The number of rotatable bonds is 9. The van der Waals surface area contributed by atoms with Crippen molar-refractivity contribution in [3.05, 3.63) is 0 Å². The van der Waals surface area contributed by atoms with Crippen molar-refractivity contribution < 1.29 is 14.3 Å². The van der Waals surface area contributed by atoms with Crippen LogP contribution in [0, 0.1) is 5.92 Å². The minimum atomic E-state index is -0.199. The normalized spacial score (nSPS) is 19.6. The van der Waals surface area contributed by atoms with Gasteiger partial charge in [0.15, 0.2) is 5.96 Å². The predicted octanol–water partition coefficient (Wildman–Crippen LogP) is 3.77. The fraction of sp³-hybridized carbons (Fsp3) is 0.905. The molecule has 2 N–H and O–H groups in total. The van der Waals surface area contributed by atoms with Crippen LogP contribution in [0.25, 0.3) is 0 Å². The Balaban J connectivity index is 0.00000420. The smallest absolute Gasteiger partial charge is 0.409 e. The van der Waals surface area contributed by atoms with Crippen LogP contribution in [0.3, 0.4) is 0 Å². The van der Waals surface area contributed by atoms with Crippen LogP contribution in [0.15, 0.2) is 4.99 Å². The van der Waals surface area contributed by atoms with E-state index in [0.29, 0.717) is 24.7 Å². The number of halogens is 1. The van der Waals surface area contributed by atoms with E-state index in [0.717, 1.165) is 58.0 Å². The summed E-state index contributed by atoms with van der Waals surface area (Å²) in [6.45, 7) is 10.3. The molecule has 1 saturated heterocycles. The van der Waals surface area contributed by atoms with E-state index in [1.807, 2.05) is 6.92 Å². The summed E-state index contributed by atoms with van der Waals surface area (Å²) in [5, 5.41) is 6.90. The lowest BCUT2D eigenvalue weighted by Crippen LogP contribution is -2.50.